The van der Waals surface area contributed by atoms with Gasteiger partial charge in [-0.1, -0.05) is 0 Å². The molecule has 0 spiro atoms. The van der Waals surface area contributed by atoms with E-state index in [0.717, 1.165) is 38.2 Å². The fraction of sp³-hybridized carbons (Fsp3) is 0.412. The molecule has 1 unspecified atom stereocenters. The first-order valence-corrected chi connectivity index (χ1v) is 7.85. The van der Waals surface area contributed by atoms with Gasteiger partial charge >= 0.3 is 0 Å². The van der Waals surface area contributed by atoms with E-state index in [1.807, 2.05) is 24.4 Å². The van der Waals surface area contributed by atoms with Crippen LogP contribution >= 0.6 is 0 Å². The molecular formula is C17H22N4O2. The largest absolute Gasteiger partial charge is 0.481 e. The third-order valence-electron chi connectivity index (χ3n) is 4.33. The molecule has 1 atom stereocenters. The van der Waals surface area contributed by atoms with Gasteiger partial charge in [0.05, 0.1) is 24.9 Å². The van der Waals surface area contributed by atoms with Crippen molar-refractivity contribution >= 4 is 5.91 Å². The number of primary amides is 1. The molecule has 2 aromatic heterocycles. The molecule has 1 aliphatic heterocycles. The van der Waals surface area contributed by atoms with Crippen LogP contribution in [0.25, 0.3) is 5.69 Å². The summed E-state index contributed by atoms with van der Waals surface area (Å²) in [5.74, 6) is 0.377. The minimum atomic E-state index is -0.190. The Hall–Kier alpha value is -2.34. The molecule has 0 saturated carbocycles. The van der Waals surface area contributed by atoms with E-state index in [9.17, 15) is 4.79 Å². The number of carbonyl (C=O) groups excluding carboxylic acids is 1. The van der Waals surface area contributed by atoms with Crippen LogP contribution in [0.2, 0.25) is 0 Å². The smallest absolute Gasteiger partial charge is 0.221 e. The molecule has 2 aromatic rings. The van der Waals surface area contributed by atoms with Crippen LogP contribution in [0.3, 0.4) is 0 Å². The monoisotopic (exact) mass is 314 g/mol. The van der Waals surface area contributed by atoms with Crippen LogP contribution in [0.1, 0.15) is 18.5 Å². The van der Waals surface area contributed by atoms with E-state index in [1.165, 1.54) is 5.69 Å². The number of hydrogen-bond donors (Lipinski definition) is 1. The van der Waals surface area contributed by atoms with Gasteiger partial charge in [-0.3, -0.25) is 9.69 Å². The van der Waals surface area contributed by atoms with Gasteiger partial charge in [0.25, 0.3) is 0 Å². The first-order valence-electron chi connectivity index (χ1n) is 7.85. The summed E-state index contributed by atoms with van der Waals surface area (Å²) in [5.41, 5.74) is 7.62. The van der Waals surface area contributed by atoms with Crippen molar-refractivity contribution in [2.75, 3.05) is 20.2 Å². The maximum absolute atomic E-state index is 11.4. The van der Waals surface area contributed by atoms with Gasteiger partial charge < -0.3 is 15.0 Å². The highest BCUT2D eigenvalue weighted by molar-refractivity contribution is 5.76. The summed E-state index contributed by atoms with van der Waals surface area (Å²) in [5, 5.41) is 0. The number of aromatic nitrogens is 2. The van der Waals surface area contributed by atoms with Gasteiger partial charge in [-0.2, -0.15) is 0 Å². The number of amides is 1. The number of hydrogen-bond acceptors (Lipinski definition) is 4. The Kier molecular flexibility index (Phi) is 4.62. The second-order valence-electron chi connectivity index (χ2n) is 5.90. The highest BCUT2D eigenvalue weighted by Crippen LogP contribution is 2.20. The Labute approximate surface area is 135 Å². The summed E-state index contributed by atoms with van der Waals surface area (Å²) in [6, 6.07) is 7.95. The van der Waals surface area contributed by atoms with Crippen molar-refractivity contribution in [3.8, 4) is 11.6 Å². The molecule has 0 aromatic carbocycles. The molecular weight excluding hydrogens is 292 g/mol. The van der Waals surface area contributed by atoms with E-state index in [1.54, 1.807) is 13.3 Å². The average Bonchev–Trinajstić information content (AvgIpc) is 3.03. The summed E-state index contributed by atoms with van der Waals surface area (Å²) in [7, 11) is 1.61. The Morgan fingerprint density at radius 2 is 2.30 bits per heavy atom. The second-order valence-corrected chi connectivity index (χ2v) is 5.90. The molecule has 0 aliphatic carbocycles. The number of ether oxygens (including phenoxy) is 1. The summed E-state index contributed by atoms with van der Waals surface area (Å²) in [6.45, 7) is 2.53. The maximum Gasteiger partial charge on any atom is 0.221 e. The lowest BCUT2D eigenvalue weighted by atomic mass is 9.97. The normalized spacial score (nSPS) is 18.7. The zero-order valence-electron chi connectivity index (χ0n) is 13.3. The minimum absolute atomic E-state index is 0.0326. The third kappa shape index (κ3) is 3.53. The summed E-state index contributed by atoms with van der Waals surface area (Å²) < 4.78 is 7.21. The van der Waals surface area contributed by atoms with Gasteiger partial charge in [0, 0.05) is 31.0 Å². The molecule has 1 aliphatic rings. The lowest BCUT2D eigenvalue weighted by Gasteiger charge is -2.31. The van der Waals surface area contributed by atoms with Crippen LogP contribution in [-0.4, -0.2) is 40.6 Å². The molecule has 122 valence electrons. The Morgan fingerprint density at radius 3 is 3.00 bits per heavy atom. The van der Waals surface area contributed by atoms with E-state index in [2.05, 4.69) is 20.5 Å². The van der Waals surface area contributed by atoms with Crippen LogP contribution in [0, 0.1) is 5.92 Å². The van der Waals surface area contributed by atoms with Gasteiger partial charge in [0.15, 0.2) is 0 Å². The van der Waals surface area contributed by atoms with Crippen LogP contribution in [0.5, 0.6) is 5.88 Å². The van der Waals surface area contributed by atoms with Crippen molar-refractivity contribution in [2.24, 2.45) is 11.7 Å². The highest BCUT2D eigenvalue weighted by atomic mass is 16.5. The Morgan fingerprint density at radius 1 is 1.43 bits per heavy atom. The molecule has 0 bridgehead atoms. The standard InChI is InChI=1S/C17H22N4O2/c1-23-16-7-6-14(10-19-16)21-9-3-5-15(21)12-20-8-2-4-13(11-20)17(18)22/h3,5-7,9-10,13H,2,4,8,11-12H2,1H3,(H2,18,22). The van der Waals surface area contributed by atoms with E-state index in [0.29, 0.717) is 5.88 Å². The van der Waals surface area contributed by atoms with Crippen molar-refractivity contribution in [1.29, 1.82) is 0 Å². The van der Waals surface area contributed by atoms with E-state index >= 15 is 0 Å². The topological polar surface area (TPSA) is 73.4 Å². The van der Waals surface area contributed by atoms with Gasteiger partial charge in [0.2, 0.25) is 11.8 Å². The number of rotatable bonds is 5. The summed E-state index contributed by atoms with van der Waals surface area (Å²) >= 11 is 0. The van der Waals surface area contributed by atoms with Crippen LogP contribution in [0.4, 0.5) is 0 Å². The number of carbonyl (C=O) groups is 1. The molecule has 23 heavy (non-hydrogen) atoms. The highest BCUT2D eigenvalue weighted by Gasteiger charge is 2.24. The number of likely N-dealkylation sites (tertiary alicyclic amines) is 1. The van der Waals surface area contributed by atoms with E-state index < -0.39 is 0 Å². The van der Waals surface area contributed by atoms with Crippen LogP contribution in [-0.2, 0) is 11.3 Å². The zero-order chi connectivity index (χ0) is 16.2. The lowest BCUT2D eigenvalue weighted by molar-refractivity contribution is -0.123. The third-order valence-corrected chi connectivity index (χ3v) is 4.33. The second kappa shape index (κ2) is 6.83. The quantitative estimate of drug-likeness (QED) is 0.909. The maximum atomic E-state index is 11.4. The van der Waals surface area contributed by atoms with Gasteiger partial charge in [-0.15, -0.1) is 0 Å². The molecule has 6 heteroatoms. The van der Waals surface area contributed by atoms with Gasteiger partial charge in [-0.25, -0.2) is 4.98 Å². The number of nitrogens with zero attached hydrogens (tertiary/aromatic N) is 3. The summed E-state index contributed by atoms with van der Waals surface area (Å²) in [4.78, 5) is 18.0. The molecule has 0 radical (unpaired) electrons. The van der Waals surface area contributed by atoms with E-state index in [-0.39, 0.29) is 11.8 Å². The number of pyridine rings is 1. The molecule has 3 rings (SSSR count). The fourth-order valence-electron chi connectivity index (χ4n) is 3.09. The number of nitrogens with two attached hydrogens (primary N) is 1. The zero-order valence-corrected chi connectivity index (χ0v) is 13.3. The Balaban J connectivity index is 1.74. The molecule has 1 amide bonds. The van der Waals surface area contributed by atoms with Crippen LogP contribution < -0.4 is 10.5 Å². The van der Waals surface area contributed by atoms with Crippen molar-refractivity contribution in [3.63, 3.8) is 0 Å². The predicted octanol–water partition coefficient (Wildman–Crippen LogP) is 1.58. The fourth-order valence-corrected chi connectivity index (χ4v) is 3.09. The molecule has 2 N–H and O–H groups in total. The van der Waals surface area contributed by atoms with Crippen LogP contribution in [0.15, 0.2) is 36.7 Å². The van der Waals surface area contributed by atoms with Crippen molar-refractivity contribution in [2.45, 2.75) is 19.4 Å². The predicted molar refractivity (Wildman–Crippen MR) is 87.3 cm³/mol. The molecule has 1 fully saturated rings. The molecule has 3 heterocycles. The van der Waals surface area contributed by atoms with Crippen molar-refractivity contribution in [3.05, 3.63) is 42.4 Å². The lowest BCUT2D eigenvalue weighted by Crippen LogP contribution is -2.40. The first kappa shape index (κ1) is 15.6. The average molecular weight is 314 g/mol. The van der Waals surface area contributed by atoms with Crippen molar-refractivity contribution < 1.29 is 9.53 Å². The first-order chi connectivity index (χ1) is 11.2. The molecule has 6 nitrogen and oxygen atoms in total. The van der Waals surface area contributed by atoms with E-state index in [4.69, 9.17) is 10.5 Å². The molecule has 1 saturated heterocycles. The number of piperidine rings is 1. The van der Waals surface area contributed by atoms with Gasteiger partial charge in [-0.05, 0) is 37.6 Å². The van der Waals surface area contributed by atoms with Crippen molar-refractivity contribution in [1.82, 2.24) is 14.5 Å². The SMILES string of the molecule is COc1ccc(-n2cccc2CN2CCCC(C(N)=O)C2)cn1. The Bertz CT molecular complexity index is 665. The van der Waals surface area contributed by atoms with Gasteiger partial charge in [0.1, 0.15) is 0 Å². The number of methoxy groups -OCH3 is 1. The summed E-state index contributed by atoms with van der Waals surface area (Å²) in [6.07, 6.45) is 5.73. The minimum Gasteiger partial charge on any atom is -0.481 e.